The Bertz CT molecular complexity index is 422. The van der Waals surface area contributed by atoms with Crippen LogP contribution in [0.4, 0.5) is 8.78 Å². The lowest BCUT2D eigenvalue weighted by Crippen LogP contribution is -2.49. The molecule has 1 amide bonds. The molecule has 1 aromatic rings. The molecular formula is C11H11Br2F2NO. The third-order valence-electron chi connectivity index (χ3n) is 2.18. The predicted octanol–water partition coefficient (Wildman–Crippen LogP) is 3.24. The highest BCUT2D eigenvalue weighted by Crippen LogP contribution is 2.15. The van der Waals surface area contributed by atoms with Gasteiger partial charge in [-0.2, -0.15) is 0 Å². The van der Waals surface area contributed by atoms with Gasteiger partial charge in [0.2, 0.25) is 0 Å². The molecule has 94 valence electrons. The van der Waals surface area contributed by atoms with E-state index in [1.807, 2.05) is 0 Å². The van der Waals surface area contributed by atoms with Gasteiger partial charge in [-0.3, -0.25) is 4.79 Å². The van der Waals surface area contributed by atoms with Gasteiger partial charge >= 0.3 is 0 Å². The van der Waals surface area contributed by atoms with E-state index >= 15 is 0 Å². The summed E-state index contributed by atoms with van der Waals surface area (Å²) < 4.78 is 26.3. The van der Waals surface area contributed by atoms with Crippen molar-refractivity contribution in [3.8, 4) is 0 Å². The van der Waals surface area contributed by atoms with Gasteiger partial charge in [0.1, 0.15) is 11.6 Å². The number of alkyl halides is 2. The maximum atomic E-state index is 13.4. The smallest absolute Gasteiger partial charge is 0.254 e. The number of hydrogen-bond donors (Lipinski definition) is 1. The number of benzene rings is 1. The van der Waals surface area contributed by atoms with E-state index in [2.05, 4.69) is 37.2 Å². The molecule has 0 atom stereocenters. The van der Waals surface area contributed by atoms with Crippen LogP contribution in [0.1, 0.15) is 17.3 Å². The highest BCUT2D eigenvalue weighted by Gasteiger charge is 2.25. The van der Waals surface area contributed by atoms with E-state index in [-0.39, 0.29) is 5.56 Å². The Kier molecular flexibility index (Phi) is 5.06. The second-order valence-electron chi connectivity index (χ2n) is 3.91. The molecule has 1 rings (SSSR count). The zero-order valence-electron chi connectivity index (χ0n) is 9.07. The van der Waals surface area contributed by atoms with Gasteiger partial charge < -0.3 is 5.32 Å². The van der Waals surface area contributed by atoms with E-state index in [0.29, 0.717) is 10.7 Å². The molecule has 0 aliphatic heterocycles. The summed E-state index contributed by atoms with van der Waals surface area (Å²) in [6.07, 6.45) is 0. The normalized spacial score (nSPS) is 11.4. The largest absolute Gasteiger partial charge is 0.345 e. The average molecular weight is 371 g/mol. The van der Waals surface area contributed by atoms with Crippen molar-refractivity contribution < 1.29 is 13.6 Å². The Hall–Kier alpha value is -0.490. The Balaban J connectivity index is 2.94. The van der Waals surface area contributed by atoms with Crippen LogP contribution in [-0.2, 0) is 0 Å². The molecule has 1 N–H and O–H groups in total. The number of nitrogens with one attached hydrogen (secondary N) is 1. The third kappa shape index (κ3) is 3.74. The van der Waals surface area contributed by atoms with Gasteiger partial charge in [0.25, 0.3) is 5.91 Å². The summed E-state index contributed by atoms with van der Waals surface area (Å²) in [5.74, 6) is -2.02. The van der Waals surface area contributed by atoms with Crippen LogP contribution in [0.5, 0.6) is 0 Å². The number of rotatable bonds is 4. The Morgan fingerprint density at radius 3 is 2.47 bits per heavy atom. The van der Waals surface area contributed by atoms with Gasteiger partial charge in [-0.1, -0.05) is 31.9 Å². The summed E-state index contributed by atoms with van der Waals surface area (Å²) in [5, 5.41) is 3.63. The fourth-order valence-electron chi connectivity index (χ4n) is 1.12. The van der Waals surface area contributed by atoms with Gasteiger partial charge in [-0.15, -0.1) is 0 Å². The first kappa shape index (κ1) is 14.6. The summed E-state index contributed by atoms with van der Waals surface area (Å²) in [5.41, 5.74) is -0.853. The Morgan fingerprint density at radius 2 is 1.94 bits per heavy atom. The number of halogens is 4. The Labute approximate surface area is 115 Å². The van der Waals surface area contributed by atoms with Crippen LogP contribution in [0.15, 0.2) is 18.2 Å². The van der Waals surface area contributed by atoms with Crippen LogP contribution in [0.25, 0.3) is 0 Å². The van der Waals surface area contributed by atoms with Crippen molar-refractivity contribution in [2.45, 2.75) is 12.5 Å². The first-order valence-electron chi connectivity index (χ1n) is 4.81. The van der Waals surface area contributed by atoms with Crippen molar-refractivity contribution in [3.05, 3.63) is 35.4 Å². The minimum atomic E-state index is -0.740. The summed E-state index contributed by atoms with van der Waals surface area (Å²) in [7, 11) is 0. The molecule has 0 saturated carbocycles. The zero-order chi connectivity index (χ0) is 13.1. The van der Waals surface area contributed by atoms with Crippen LogP contribution >= 0.6 is 31.9 Å². The minimum Gasteiger partial charge on any atom is -0.345 e. The molecule has 0 fully saturated rings. The lowest BCUT2D eigenvalue weighted by atomic mass is 10.1. The highest BCUT2D eigenvalue weighted by atomic mass is 79.9. The quantitative estimate of drug-likeness (QED) is 0.810. The number of carbonyl (C=O) groups excluding carboxylic acids is 1. The number of hydrogen-bond acceptors (Lipinski definition) is 1. The predicted molar refractivity (Wildman–Crippen MR) is 69.8 cm³/mol. The molecule has 0 aliphatic carbocycles. The Morgan fingerprint density at radius 1 is 1.35 bits per heavy atom. The molecule has 2 nitrogen and oxygen atoms in total. The highest BCUT2D eigenvalue weighted by molar-refractivity contribution is 9.09. The summed E-state index contributed by atoms with van der Waals surface area (Å²) in [4.78, 5) is 11.8. The molecule has 0 spiro atoms. The first-order chi connectivity index (χ1) is 7.91. The third-order valence-corrected chi connectivity index (χ3v) is 4.65. The fraction of sp³-hybridized carbons (Fsp3) is 0.364. The monoisotopic (exact) mass is 369 g/mol. The lowest BCUT2D eigenvalue weighted by Gasteiger charge is -2.26. The van der Waals surface area contributed by atoms with Gasteiger partial charge in [0.05, 0.1) is 11.1 Å². The molecule has 6 heteroatoms. The van der Waals surface area contributed by atoms with E-state index in [1.54, 1.807) is 6.92 Å². The summed E-state index contributed by atoms with van der Waals surface area (Å²) in [6, 6.07) is 2.79. The molecule has 0 aromatic heterocycles. The maximum Gasteiger partial charge on any atom is 0.254 e. The van der Waals surface area contributed by atoms with Crippen molar-refractivity contribution in [2.75, 3.05) is 10.7 Å². The van der Waals surface area contributed by atoms with E-state index in [4.69, 9.17) is 0 Å². The van der Waals surface area contributed by atoms with Gasteiger partial charge in [-0.05, 0) is 25.1 Å². The van der Waals surface area contributed by atoms with Crippen LogP contribution in [0, 0.1) is 11.6 Å². The second kappa shape index (κ2) is 5.91. The second-order valence-corrected chi connectivity index (χ2v) is 5.03. The molecule has 0 saturated heterocycles. The van der Waals surface area contributed by atoms with Crippen molar-refractivity contribution in [1.29, 1.82) is 0 Å². The molecular weight excluding hydrogens is 360 g/mol. The summed E-state index contributed by atoms with van der Waals surface area (Å²) in [6.45, 7) is 1.78. The van der Waals surface area contributed by atoms with Crippen LogP contribution < -0.4 is 5.32 Å². The average Bonchev–Trinajstić information content (AvgIpc) is 2.32. The fourth-order valence-corrected chi connectivity index (χ4v) is 2.32. The summed E-state index contributed by atoms with van der Waals surface area (Å²) >= 11 is 6.51. The lowest BCUT2D eigenvalue weighted by molar-refractivity contribution is 0.0918. The molecule has 0 aliphatic rings. The molecule has 1 aromatic carbocycles. The van der Waals surface area contributed by atoms with E-state index < -0.39 is 23.1 Å². The van der Waals surface area contributed by atoms with Gasteiger partial charge in [0, 0.05) is 10.7 Å². The van der Waals surface area contributed by atoms with Crippen LogP contribution in [0.3, 0.4) is 0 Å². The molecule has 17 heavy (non-hydrogen) atoms. The van der Waals surface area contributed by atoms with Crippen LogP contribution in [-0.4, -0.2) is 22.1 Å². The van der Waals surface area contributed by atoms with Crippen molar-refractivity contribution in [2.24, 2.45) is 0 Å². The van der Waals surface area contributed by atoms with Crippen molar-refractivity contribution >= 4 is 37.8 Å². The standard InChI is InChI=1S/C11H11Br2F2NO/c1-11(5-12,6-13)16-10(17)8-4-7(14)2-3-9(8)15/h2-4H,5-6H2,1H3,(H,16,17). The zero-order valence-corrected chi connectivity index (χ0v) is 12.2. The van der Waals surface area contributed by atoms with Crippen molar-refractivity contribution in [1.82, 2.24) is 5.32 Å². The first-order valence-corrected chi connectivity index (χ1v) is 7.05. The molecule has 0 radical (unpaired) electrons. The van der Waals surface area contributed by atoms with E-state index in [0.717, 1.165) is 18.2 Å². The van der Waals surface area contributed by atoms with Gasteiger partial charge in [-0.25, -0.2) is 8.78 Å². The van der Waals surface area contributed by atoms with Crippen LogP contribution in [0.2, 0.25) is 0 Å². The van der Waals surface area contributed by atoms with E-state index in [9.17, 15) is 13.6 Å². The van der Waals surface area contributed by atoms with Crippen molar-refractivity contribution in [3.63, 3.8) is 0 Å². The minimum absolute atomic E-state index is 0.293. The molecule has 0 unspecified atom stereocenters. The topological polar surface area (TPSA) is 29.1 Å². The molecule has 0 bridgehead atoms. The molecule has 0 heterocycles. The number of amides is 1. The maximum absolute atomic E-state index is 13.4. The van der Waals surface area contributed by atoms with E-state index in [1.165, 1.54) is 0 Å². The SMILES string of the molecule is CC(CBr)(CBr)NC(=O)c1cc(F)ccc1F. The number of carbonyl (C=O) groups is 1. The van der Waals surface area contributed by atoms with Gasteiger partial charge in [0.15, 0.2) is 0 Å².